The van der Waals surface area contributed by atoms with Gasteiger partial charge in [-0.25, -0.2) is 0 Å². The van der Waals surface area contributed by atoms with Crippen molar-refractivity contribution in [3.63, 3.8) is 0 Å². The topological polar surface area (TPSA) is 49.3 Å². The average Bonchev–Trinajstić information content (AvgIpc) is 2.71. The van der Waals surface area contributed by atoms with E-state index in [0.29, 0.717) is 34.5 Å². The highest BCUT2D eigenvalue weighted by Gasteiger charge is 2.23. The van der Waals surface area contributed by atoms with Gasteiger partial charge in [-0.1, -0.05) is 25.6 Å². The van der Waals surface area contributed by atoms with Crippen molar-refractivity contribution in [2.45, 2.75) is 43.9 Å². The van der Waals surface area contributed by atoms with Crippen molar-refractivity contribution in [3.8, 4) is 0 Å². The van der Waals surface area contributed by atoms with Crippen LogP contribution in [0.4, 0.5) is 8.78 Å². The molecule has 0 bridgehead atoms. The Hall–Kier alpha value is -0.660. The Morgan fingerprint density at radius 3 is 2.75 bits per heavy atom. The number of aliphatic hydroxyl groups excluding tert-OH is 1. The summed E-state index contributed by atoms with van der Waals surface area (Å²) in [6.45, 7) is 5.94. The standard InChI is InChI=1S/C13H19F2NO2S2/c1-8(17)6-13(2,3)7-16-11(18)10-9(4-5-19-10)20-12(14)15/h4-5,8,12,17H,6-7H2,1-3H3,(H,16,18). The van der Waals surface area contributed by atoms with Crippen LogP contribution in [0.1, 0.15) is 36.9 Å². The molecular weight excluding hydrogens is 304 g/mol. The Labute approximate surface area is 125 Å². The van der Waals surface area contributed by atoms with Crippen LogP contribution in [0, 0.1) is 5.41 Å². The largest absolute Gasteiger partial charge is 0.393 e. The van der Waals surface area contributed by atoms with Crippen LogP contribution in [0.2, 0.25) is 0 Å². The highest BCUT2D eigenvalue weighted by Crippen LogP contribution is 2.32. The molecule has 1 heterocycles. The molecule has 1 aromatic rings. The fourth-order valence-electron chi connectivity index (χ4n) is 1.92. The molecule has 0 saturated carbocycles. The van der Waals surface area contributed by atoms with E-state index in [0.717, 1.165) is 11.3 Å². The minimum absolute atomic E-state index is 0.253. The lowest BCUT2D eigenvalue weighted by atomic mass is 9.87. The van der Waals surface area contributed by atoms with Crippen LogP contribution in [0.3, 0.4) is 0 Å². The maximum atomic E-state index is 12.4. The summed E-state index contributed by atoms with van der Waals surface area (Å²) in [6.07, 6.45) is 0.102. The molecule has 0 aliphatic rings. The number of halogens is 2. The van der Waals surface area contributed by atoms with Crippen molar-refractivity contribution >= 4 is 29.0 Å². The molecule has 1 amide bonds. The first-order valence-electron chi connectivity index (χ1n) is 6.20. The Balaban J connectivity index is 2.61. The number of hydrogen-bond acceptors (Lipinski definition) is 4. The van der Waals surface area contributed by atoms with Crippen molar-refractivity contribution in [1.82, 2.24) is 5.32 Å². The summed E-state index contributed by atoms with van der Waals surface area (Å²) in [7, 11) is 0. The monoisotopic (exact) mass is 323 g/mol. The van der Waals surface area contributed by atoms with Crippen LogP contribution in [0.5, 0.6) is 0 Å². The van der Waals surface area contributed by atoms with Crippen LogP contribution in [-0.2, 0) is 0 Å². The van der Waals surface area contributed by atoms with Gasteiger partial charge in [0, 0.05) is 11.4 Å². The van der Waals surface area contributed by atoms with Gasteiger partial charge in [0.15, 0.2) is 0 Å². The van der Waals surface area contributed by atoms with E-state index >= 15 is 0 Å². The van der Waals surface area contributed by atoms with Crippen molar-refractivity contribution < 1.29 is 18.7 Å². The predicted molar refractivity (Wildman–Crippen MR) is 78.6 cm³/mol. The molecule has 0 fully saturated rings. The number of amides is 1. The molecule has 0 radical (unpaired) electrons. The first kappa shape index (κ1) is 17.4. The van der Waals surface area contributed by atoms with Gasteiger partial charge >= 0.3 is 0 Å². The van der Waals surface area contributed by atoms with E-state index in [9.17, 15) is 18.7 Å². The lowest BCUT2D eigenvalue weighted by molar-refractivity contribution is 0.0903. The molecular formula is C13H19F2NO2S2. The van der Waals surface area contributed by atoms with Gasteiger partial charge in [-0.3, -0.25) is 4.79 Å². The van der Waals surface area contributed by atoms with E-state index in [2.05, 4.69) is 5.32 Å². The maximum absolute atomic E-state index is 12.4. The van der Waals surface area contributed by atoms with Crippen molar-refractivity contribution in [3.05, 3.63) is 16.3 Å². The fraction of sp³-hybridized carbons (Fsp3) is 0.615. The van der Waals surface area contributed by atoms with Crippen molar-refractivity contribution in [2.24, 2.45) is 5.41 Å². The average molecular weight is 323 g/mol. The van der Waals surface area contributed by atoms with E-state index < -0.39 is 11.9 Å². The molecule has 1 atom stereocenters. The van der Waals surface area contributed by atoms with Gasteiger partial charge in [0.05, 0.1) is 6.10 Å². The molecule has 0 aliphatic carbocycles. The highest BCUT2D eigenvalue weighted by molar-refractivity contribution is 7.99. The lowest BCUT2D eigenvalue weighted by Gasteiger charge is -2.26. The van der Waals surface area contributed by atoms with Crippen LogP contribution < -0.4 is 5.32 Å². The number of carbonyl (C=O) groups excluding carboxylic acids is 1. The second-order valence-corrected chi connectivity index (χ2v) is 7.34. The molecule has 1 rings (SSSR count). The van der Waals surface area contributed by atoms with E-state index in [1.54, 1.807) is 12.3 Å². The summed E-state index contributed by atoms with van der Waals surface area (Å²) in [5, 5.41) is 13.8. The minimum atomic E-state index is -2.54. The normalized spacial score (nSPS) is 13.6. The van der Waals surface area contributed by atoms with E-state index in [1.807, 2.05) is 13.8 Å². The summed E-state index contributed by atoms with van der Waals surface area (Å²) in [5.74, 6) is -2.88. The smallest absolute Gasteiger partial charge is 0.288 e. The summed E-state index contributed by atoms with van der Waals surface area (Å²) >= 11 is 1.53. The van der Waals surface area contributed by atoms with Gasteiger partial charge in [0.1, 0.15) is 4.88 Å². The molecule has 114 valence electrons. The summed E-state index contributed by atoms with van der Waals surface area (Å²) in [6, 6.07) is 1.53. The molecule has 0 saturated heterocycles. The van der Waals surface area contributed by atoms with Gasteiger partial charge in [-0.05, 0) is 30.2 Å². The maximum Gasteiger partial charge on any atom is 0.288 e. The summed E-state index contributed by atoms with van der Waals surface area (Å²) in [4.78, 5) is 12.6. The van der Waals surface area contributed by atoms with E-state index in [-0.39, 0.29) is 11.3 Å². The quantitative estimate of drug-likeness (QED) is 0.754. The first-order valence-corrected chi connectivity index (χ1v) is 7.96. The number of aliphatic hydroxyl groups is 1. The Bertz CT molecular complexity index is 447. The molecule has 7 heteroatoms. The molecule has 1 unspecified atom stereocenters. The third kappa shape index (κ3) is 5.76. The van der Waals surface area contributed by atoms with Gasteiger partial charge in [0.25, 0.3) is 11.7 Å². The third-order valence-corrected chi connectivity index (χ3v) is 4.44. The molecule has 2 N–H and O–H groups in total. The van der Waals surface area contributed by atoms with Gasteiger partial charge in [-0.15, -0.1) is 11.3 Å². The summed E-state index contributed by atoms with van der Waals surface area (Å²) < 4.78 is 24.7. The molecule has 20 heavy (non-hydrogen) atoms. The van der Waals surface area contributed by atoms with Crippen LogP contribution in [0.15, 0.2) is 16.3 Å². The van der Waals surface area contributed by atoms with E-state index in [4.69, 9.17) is 0 Å². The van der Waals surface area contributed by atoms with E-state index in [1.165, 1.54) is 6.07 Å². The highest BCUT2D eigenvalue weighted by atomic mass is 32.2. The number of nitrogens with one attached hydrogen (secondary N) is 1. The van der Waals surface area contributed by atoms with Crippen molar-refractivity contribution in [2.75, 3.05) is 6.54 Å². The second-order valence-electron chi connectivity index (χ2n) is 5.39. The van der Waals surface area contributed by atoms with Gasteiger partial charge in [-0.2, -0.15) is 8.78 Å². The SMILES string of the molecule is CC(O)CC(C)(C)CNC(=O)c1sccc1SC(F)F. The zero-order chi connectivity index (χ0) is 15.3. The number of thioether (sulfide) groups is 1. The van der Waals surface area contributed by atoms with Crippen LogP contribution >= 0.6 is 23.1 Å². The van der Waals surface area contributed by atoms with Crippen molar-refractivity contribution in [1.29, 1.82) is 0 Å². The Kier molecular flexibility index (Phi) is 6.42. The third-order valence-electron chi connectivity index (χ3n) is 2.63. The minimum Gasteiger partial charge on any atom is -0.393 e. The number of carbonyl (C=O) groups is 1. The molecule has 0 aromatic carbocycles. The zero-order valence-electron chi connectivity index (χ0n) is 11.7. The number of alkyl halides is 2. The fourth-order valence-corrected chi connectivity index (χ4v) is 3.54. The Morgan fingerprint density at radius 1 is 1.55 bits per heavy atom. The lowest BCUT2D eigenvalue weighted by Crippen LogP contribution is -2.35. The number of thiophene rings is 1. The number of rotatable bonds is 7. The first-order chi connectivity index (χ1) is 9.21. The summed E-state index contributed by atoms with van der Waals surface area (Å²) in [5.41, 5.74) is -0.253. The molecule has 0 spiro atoms. The zero-order valence-corrected chi connectivity index (χ0v) is 13.3. The second kappa shape index (κ2) is 7.38. The molecule has 3 nitrogen and oxygen atoms in total. The number of hydrogen-bond donors (Lipinski definition) is 2. The Morgan fingerprint density at radius 2 is 2.20 bits per heavy atom. The van der Waals surface area contributed by atoms with Crippen LogP contribution in [-0.4, -0.2) is 29.4 Å². The van der Waals surface area contributed by atoms with Gasteiger partial charge < -0.3 is 10.4 Å². The van der Waals surface area contributed by atoms with Crippen LogP contribution in [0.25, 0.3) is 0 Å². The predicted octanol–water partition coefficient (Wildman–Crippen LogP) is 3.59. The van der Waals surface area contributed by atoms with Gasteiger partial charge in [0.2, 0.25) is 0 Å². The molecule has 1 aromatic heterocycles. The molecule has 0 aliphatic heterocycles.